The van der Waals surface area contributed by atoms with Gasteiger partial charge in [-0.2, -0.15) is 26.9 Å². The van der Waals surface area contributed by atoms with Crippen molar-refractivity contribution in [3.8, 4) is 6.07 Å². The van der Waals surface area contributed by atoms with Crippen LogP contribution in [0.25, 0.3) is 0 Å². The molecule has 1 aliphatic rings. The Kier molecular flexibility index (Phi) is 4.82. The van der Waals surface area contributed by atoms with Crippen molar-refractivity contribution in [1.82, 2.24) is 4.90 Å². The van der Waals surface area contributed by atoms with E-state index in [2.05, 4.69) is 0 Å². The fourth-order valence-corrected chi connectivity index (χ4v) is 4.26. The maximum absolute atomic E-state index is 13.2. The van der Waals surface area contributed by atoms with Crippen molar-refractivity contribution >= 4 is 21.7 Å². The summed E-state index contributed by atoms with van der Waals surface area (Å²) in [4.78, 5) is 14.5. The van der Waals surface area contributed by atoms with Gasteiger partial charge in [-0.05, 0) is 38.6 Å². The lowest BCUT2D eigenvalue weighted by molar-refractivity contribution is -0.137. The lowest BCUT2D eigenvalue weighted by Crippen LogP contribution is -2.49. The van der Waals surface area contributed by atoms with E-state index < -0.39 is 44.4 Å². The molecule has 142 valence electrons. The smallest absolute Gasteiger partial charge is 0.283 e. The van der Waals surface area contributed by atoms with Gasteiger partial charge in [-0.1, -0.05) is 6.92 Å². The SMILES string of the molecule is CCN1C(S(=O)(=O)O)N(c2ccc(C#N)c(C(F)(F)F)c2)C(=O)C1(C)C. The van der Waals surface area contributed by atoms with Crippen LogP contribution in [-0.4, -0.2) is 41.4 Å². The predicted molar refractivity (Wildman–Crippen MR) is 85.4 cm³/mol. The minimum atomic E-state index is -4.88. The number of likely N-dealkylation sites (N-methyl/N-ethyl adjacent to an activating group) is 1. The molecule has 1 heterocycles. The number of carbonyl (C=O) groups is 1. The van der Waals surface area contributed by atoms with Gasteiger partial charge in [-0.3, -0.25) is 19.1 Å². The van der Waals surface area contributed by atoms with Gasteiger partial charge < -0.3 is 0 Å². The Hall–Kier alpha value is -2.16. The molecule has 0 saturated carbocycles. The van der Waals surface area contributed by atoms with E-state index in [-0.39, 0.29) is 12.2 Å². The topological polar surface area (TPSA) is 102 Å². The summed E-state index contributed by atoms with van der Waals surface area (Å²) in [5.41, 5.74) is -5.59. The second kappa shape index (κ2) is 6.22. The highest BCUT2D eigenvalue weighted by molar-refractivity contribution is 7.86. The molecule has 1 N–H and O–H groups in total. The first-order valence-electron chi connectivity index (χ1n) is 7.44. The summed E-state index contributed by atoms with van der Waals surface area (Å²) in [5, 5.41) is 8.86. The highest BCUT2D eigenvalue weighted by Crippen LogP contribution is 2.40. The Balaban J connectivity index is 2.73. The van der Waals surface area contributed by atoms with Crippen LogP contribution in [0.3, 0.4) is 0 Å². The number of nitriles is 1. The van der Waals surface area contributed by atoms with E-state index in [0.717, 1.165) is 17.0 Å². The van der Waals surface area contributed by atoms with Crippen molar-refractivity contribution in [3.63, 3.8) is 0 Å². The minimum absolute atomic E-state index is 0.0438. The first kappa shape index (κ1) is 20.2. The van der Waals surface area contributed by atoms with E-state index in [1.165, 1.54) is 19.9 Å². The average molecular weight is 391 g/mol. The summed E-state index contributed by atoms with van der Waals surface area (Å²) in [7, 11) is -4.84. The average Bonchev–Trinajstić information content (AvgIpc) is 2.72. The van der Waals surface area contributed by atoms with Crippen molar-refractivity contribution in [2.75, 3.05) is 11.4 Å². The fourth-order valence-electron chi connectivity index (χ4n) is 3.04. The summed E-state index contributed by atoms with van der Waals surface area (Å²) >= 11 is 0. The molecule has 1 unspecified atom stereocenters. The third-order valence-electron chi connectivity index (χ3n) is 4.26. The number of amides is 1. The third kappa shape index (κ3) is 3.15. The third-order valence-corrected chi connectivity index (χ3v) is 5.26. The summed E-state index contributed by atoms with van der Waals surface area (Å²) in [6, 6.07) is 3.83. The molecule has 1 saturated heterocycles. The first-order chi connectivity index (χ1) is 11.8. The minimum Gasteiger partial charge on any atom is -0.283 e. The maximum atomic E-state index is 13.2. The van der Waals surface area contributed by atoms with Gasteiger partial charge in [-0.15, -0.1) is 0 Å². The van der Waals surface area contributed by atoms with Crippen LogP contribution in [0.5, 0.6) is 0 Å². The van der Waals surface area contributed by atoms with Crippen LogP contribution in [0.2, 0.25) is 0 Å². The molecule has 0 radical (unpaired) electrons. The number of anilines is 1. The zero-order valence-corrected chi connectivity index (χ0v) is 14.9. The monoisotopic (exact) mass is 391 g/mol. The summed E-state index contributed by atoms with van der Waals surface area (Å²) in [6.07, 6.45) is -4.88. The predicted octanol–water partition coefficient (Wildman–Crippen LogP) is 2.20. The van der Waals surface area contributed by atoms with E-state index in [9.17, 15) is 30.9 Å². The second-order valence-electron chi connectivity index (χ2n) is 6.20. The lowest BCUT2D eigenvalue weighted by atomic mass is 10.0. The molecule has 11 heteroatoms. The van der Waals surface area contributed by atoms with E-state index >= 15 is 0 Å². The van der Waals surface area contributed by atoms with Crippen LogP contribution < -0.4 is 4.90 Å². The zero-order chi connectivity index (χ0) is 20.1. The van der Waals surface area contributed by atoms with E-state index in [4.69, 9.17) is 5.26 Å². The van der Waals surface area contributed by atoms with Gasteiger partial charge >= 0.3 is 16.3 Å². The van der Waals surface area contributed by atoms with Crippen LogP contribution in [0, 0.1) is 11.3 Å². The van der Waals surface area contributed by atoms with Crippen molar-refractivity contribution in [2.24, 2.45) is 0 Å². The quantitative estimate of drug-likeness (QED) is 0.793. The number of carbonyl (C=O) groups excluding carboxylic acids is 1. The van der Waals surface area contributed by atoms with Gasteiger partial charge in [0.2, 0.25) is 11.4 Å². The van der Waals surface area contributed by atoms with E-state index in [0.29, 0.717) is 11.0 Å². The summed E-state index contributed by atoms with van der Waals surface area (Å²) in [5.74, 6) is -0.792. The number of hydrogen-bond acceptors (Lipinski definition) is 5. The van der Waals surface area contributed by atoms with Crippen molar-refractivity contribution in [2.45, 2.75) is 38.0 Å². The van der Waals surface area contributed by atoms with Crippen molar-refractivity contribution in [1.29, 1.82) is 5.26 Å². The Morgan fingerprint density at radius 3 is 2.35 bits per heavy atom. The molecule has 0 bridgehead atoms. The number of benzene rings is 1. The molecule has 0 aliphatic carbocycles. The van der Waals surface area contributed by atoms with Crippen molar-refractivity contribution < 1.29 is 30.9 Å². The lowest BCUT2D eigenvalue weighted by Gasteiger charge is -2.30. The summed E-state index contributed by atoms with van der Waals surface area (Å²) in [6.45, 7) is 4.41. The van der Waals surface area contributed by atoms with Crippen LogP contribution >= 0.6 is 0 Å². The molecule has 1 aliphatic heterocycles. The van der Waals surface area contributed by atoms with Gasteiger partial charge in [0.15, 0.2) is 0 Å². The molecular weight excluding hydrogens is 375 g/mol. The second-order valence-corrected chi connectivity index (χ2v) is 7.65. The van der Waals surface area contributed by atoms with Crippen LogP contribution in [-0.2, 0) is 21.1 Å². The zero-order valence-electron chi connectivity index (χ0n) is 14.1. The van der Waals surface area contributed by atoms with Crippen molar-refractivity contribution in [3.05, 3.63) is 29.3 Å². The Morgan fingerprint density at radius 2 is 1.92 bits per heavy atom. The van der Waals surface area contributed by atoms with Gasteiger partial charge in [0.05, 0.1) is 22.7 Å². The molecule has 1 fully saturated rings. The molecule has 1 atom stereocenters. The van der Waals surface area contributed by atoms with Crippen LogP contribution in [0.1, 0.15) is 31.9 Å². The Bertz CT molecular complexity index is 890. The molecule has 0 spiro atoms. The number of alkyl halides is 3. The largest absolute Gasteiger partial charge is 0.417 e. The van der Waals surface area contributed by atoms with Gasteiger partial charge in [0, 0.05) is 5.69 Å². The van der Waals surface area contributed by atoms with Crippen LogP contribution in [0.4, 0.5) is 18.9 Å². The van der Waals surface area contributed by atoms with Gasteiger partial charge in [0.1, 0.15) is 0 Å². The number of hydrogen-bond donors (Lipinski definition) is 1. The fraction of sp³-hybridized carbons (Fsp3) is 0.467. The molecule has 7 nitrogen and oxygen atoms in total. The number of halogens is 3. The molecule has 1 aromatic rings. The maximum Gasteiger partial charge on any atom is 0.417 e. The molecular formula is C15H16F3N3O4S. The Labute approximate surface area is 148 Å². The normalized spacial score (nSPS) is 21.1. The molecule has 1 aromatic carbocycles. The first-order valence-corrected chi connectivity index (χ1v) is 8.95. The standard InChI is InChI=1S/C15H16F3N3O4S/c1-4-20-13(26(23,24)25)21(12(22)14(20,2)3)10-6-5-9(8-19)11(7-10)15(16,17)18/h5-7,13H,4H2,1-3H3,(H,23,24,25). The molecule has 26 heavy (non-hydrogen) atoms. The number of nitrogens with zero attached hydrogens (tertiary/aromatic N) is 3. The molecule has 0 aromatic heterocycles. The van der Waals surface area contributed by atoms with E-state index in [1.807, 2.05) is 0 Å². The van der Waals surface area contributed by atoms with Crippen LogP contribution in [0.15, 0.2) is 18.2 Å². The summed E-state index contributed by atoms with van der Waals surface area (Å²) < 4.78 is 72.9. The number of rotatable bonds is 3. The van der Waals surface area contributed by atoms with Gasteiger partial charge in [0.25, 0.3) is 0 Å². The Morgan fingerprint density at radius 1 is 1.35 bits per heavy atom. The highest BCUT2D eigenvalue weighted by atomic mass is 32.2. The van der Waals surface area contributed by atoms with E-state index in [1.54, 1.807) is 6.92 Å². The molecule has 2 rings (SSSR count). The molecule has 1 amide bonds. The highest BCUT2D eigenvalue weighted by Gasteiger charge is 2.56. The van der Waals surface area contributed by atoms with Gasteiger partial charge in [-0.25, -0.2) is 0 Å².